The highest BCUT2D eigenvalue weighted by Crippen LogP contribution is 2.23. The number of aliphatic carboxylic acids is 1. The predicted octanol–water partition coefficient (Wildman–Crippen LogP) is 3.41. The Balaban J connectivity index is 2.00. The number of thioether (sulfide) groups is 1. The molecule has 6 nitrogen and oxygen atoms in total. The number of halogens is 1. The molecule has 0 amide bonds. The van der Waals surface area contributed by atoms with Crippen molar-refractivity contribution in [2.75, 3.05) is 5.75 Å². The predicted molar refractivity (Wildman–Crippen MR) is 89.2 cm³/mol. The minimum atomic E-state index is -0.818. The van der Waals surface area contributed by atoms with Crippen LogP contribution in [0.3, 0.4) is 0 Å². The number of aromatic nitrogens is 3. The largest absolute Gasteiger partial charge is 0.486 e. The summed E-state index contributed by atoms with van der Waals surface area (Å²) >= 11 is 7.38. The number of benzene rings is 1. The molecular weight excluding hydrogens is 338 g/mol. The Bertz CT molecular complexity index is 691. The summed E-state index contributed by atoms with van der Waals surface area (Å²) in [5.41, 5.74) is 0.950. The van der Waals surface area contributed by atoms with E-state index in [1.165, 1.54) is 11.8 Å². The van der Waals surface area contributed by atoms with Crippen molar-refractivity contribution >= 4 is 29.3 Å². The van der Waals surface area contributed by atoms with Gasteiger partial charge in [0.05, 0.1) is 6.42 Å². The second-order valence-corrected chi connectivity index (χ2v) is 6.30. The van der Waals surface area contributed by atoms with Crippen LogP contribution in [0.2, 0.25) is 5.02 Å². The molecule has 0 atom stereocenters. The summed E-state index contributed by atoms with van der Waals surface area (Å²) in [6, 6.07) is 5.48. The number of carboxylic acid groups (broad SMARTS) is 1. The summed E-state index contributed by atoms with van der Waals surface area (Å²) in [6.07, 6.45) is 0.0944. The topological polar surface area (TPSA) is 77.2 Å². The van der Waals surface area contributed by atoms with Crippen LogP contribution in [0.15, 0.2) is 23.4 Å². The zero-order valence-electron chi connectivity index (χ0n) is 13.0. The molecule has 8 heteroatoms. The molecule has 0 aliphatic carbocycles. The van der Waals surface area contributed by atoms with Gasteiger partial charge in [0, 0.05) is 17.3 Å². The van der Waals surface area contributed by atoms with E-state index in [1.807, 2.05) is 30.5 Å². The van der Waals surface area contributed by atoms with Crippen molar-refractivity contribution < 1.29 is 14.6 Å². The third kappa shape index (κ3) is 4.87. The Kier molecular flexibility index (Phi) is 6.29. The van der Waals surface area contributed by atoms with Crippen LogP contribution in [0.1, 0.15) is 24.7 Å². The lowest BCUT2D eigenvalue weighted by molar-refractivity contribution is -0.136. The van der Waals surface area contributed by atoms with Crippen molar-refractivity contribution in [1.82, 2.24) is 14.8 Å². The minimum Gasteiger partial charge on any atom is -0.486 e. The number of carboxylic acids is 1. The second kappa shape index (κ2) is 8.21. The highest BCUT2D eigenvalue weighted by molar-refractivity contribution is 7.99. The molecule has 1 heterocycles. The first-order chi connectivity index (χ1) is 11.0. The lowest BCUT2D eigenvalue weighted by Gasteiger charge is -2.09. The zero-order chi connectivity index (χ0) is 16.8. The molecule has 23 heavy (non-hydrogen) atoms. The van der Waals surface area contributed by atoms with Crippen LogP contribution < -0.4 is 4.74 Å². The number of hydrogen-bond acceptors (Lipinski definition) is 5. The van der Waals surface area contributed by atoms with E-state index in [0.717, 1.165) is 11.3 Å². The lowest BCUT2D eigenvalue weighted by atomic mass is 10.2. The van der Waals surface area contributed by atoms with Crippen molar-refractivity contribution in [3.63, 3.8) is 0 Å². The summed E-state index contributed by atoms with van der Waals surface area (Å²) in [4.78, 5) is 10.6. The van der Waals surface area contributed by atoms with Gasteiger partial charge in [0.25, 0.3) is 0 Å². The van der Waals surface area contributed by atoms with Crippen molar-refractivity contribution in [2.45, 2.75) is 38.6 Å². The monoisotopic (exact) mass is 355 g/mol. The van der Waals surface area contributed by atoms with E-state index in [0.29, 0.717) is 34.9 Å². The second-order valence-electron chi connectivity index (χ2n) is 4.83. The highest BCUT2D eigenvalue weighted by atomic mass is 35.5. The summed E-state index contributed by atoms with van der Waals surface area (Å²) in [5.74, 6) is 1.07. The quantitative estimate of drug-likeness (QED) is 0.731. The fourth-order valence-corrected chi connectivity index (χ4v) is 3.00. The van der Waals surface area contributed by atoms with Gasteiger partial charge in [0.2, 0.25) is 0 Å². The summed E-state index contributed by atoms with van der Waals surface area (Å²) in [5, 5.41) is 18.3. The van der Waals surface area contributed by atoms with Gasteiger partial charge < -0.3 is 14.4 Å². The fraction of sp³-hybridized carbons (Fsp3) is 0.400. The maximum atomic E-state index is 10.6. The third-order valence-corrected chi connectivity index (χ3v) is 4.55. The van der Waals surface area contributed by atoms with E-state index < -0.39 is 5.97 Å². The lowest BCUT2D eigenvalue weighted by Crippen LogP contribution is -2.07. The maximum absolute atomic E-state index is 10.6. The molecule has 0 radical (unpaired) electrons. The first kappa shape index (κ1) is 17.6. The molecule has 2 rings (SSSR count). The number of rotatable bonds is 8. The molecule has 0 aliphatic heterocycles. The van der Waals surface area contributed by atoms with Gasteiger partial charge in [0.15, 0.2) is 11.0 Å². The number of nitrogens with zero attached hydrogens (tertiary/aromatic N) is 3. The SMILES string of the molecule is CCn1c(COc2ccc(Cl)c(C)c2)nnc1SCCC(=O)O. The van der Waals surface area contributed by atoms with Gasteiger partial charge in [-0.15, -0.1) is 10.2 Å². The molecule has 0 bridgehead atoms. The van der Waals surface area contributed by atoms with Gasteiger partial charge in [-0.2, -0.15) is 0 Å². The molecule has 1 aromatic heterocycles. The van der Waals surface area contributed by atoms with E-state index in [-0.39, 0.29) is 6.42 Å². The Labute approximate surface area is 143 Å². The Morgan fingerprint density at radius 2 is 2.22 bits per heavy atom. The number of hydrogen-bond donors (Lipinski definition) is 1. The van der Waals surface area contributed by atoms with Gasteiger partial charge in [-0.1, -0.05) is 23.4 Å². The number of carbonyl (C=O) groups is 1. The standard InChI is InChI=1S/C15H18ClN3O3S/c1-3-19-13(17-18-15(19)23-7-6-14(20)21)9-22-11-4-5-12(16)10(2)8-11/h4-5,8H,3,6-7,9H2,1-2H3,(H,20,21). The van der Waals surface area contributed by atoms with E-state index in [4.69, 9.17) is 21.4 Å². The van der Waals surface area contributed by atoms with Gasteiger partial charge in [0.1, 0.15) is 12.4 Å². The Hall–Kier alpha value is -1.73. The van der Waals surface area contributed by atoms with E-state index in [2.05, 4.69) is 10.2 Å². The molecule has 0 saturated heterocycles. The van der Waals surface area contributed by atoms with Crippen molar-refractivity contribution in [2.24, 2.45) is 0 Å². The summed E-state index contributed by atoms with van der Waals surface area (Å²) in [7, 11) is 0. The Morgan fingerprint density at radius 3 is 2.87 bits per heavy atom. The molecule has 0 aliphatic rings. The van der Waals surface area contributed by atoms with Crippen molar-refractivity contribution in [3.05, 3.63) is 34.6 Å². The molecule has 2 aromatic rings. The normalized spacial score (nSPS) is 10.7. The van der Waals surface area contributed by atoms with Gasteiger partial charge in [-0.25, -0.2) is 0 Å². The van der Waals surface area contributed by atoms with Crippen molar-refractivity contribution in [3.8, 4) is 5.75 Å². The number of ether oxygens (including phenoxy) is 1. The Morgan fingerprint density at radius 1 is 1.43 bits per heavy atom. The van der Waals surface area contributed by atoms with E-state index in [9.17, 15) is 4.79 Å². The molecule has 0 fully saturated rings. The summed E-state index contributed by atoms with van der Waals surface area (Å²) in [6.45, 7) is 4.89. The molecular formula is C15H18ClN3O3S. The van der Waals surface area contributed by atoms with Gasteiger partial charge in [-0.05, 0) is 37.6 Å². The van der Waals surface area contributed by atoms with Crippen LogP contribution in [-0.2, 0) is 17.9 Å². The zero-order valence-corrected chi connectivity index (χ0v) is 14.5. The summed E-state index contributed by atoms with van der Waals surface area (Å²) < 4.78 is 7.67. The smallest absolute Gasteiger partial charge is 0.304 e. The minimum absolute atomic E-state index is 0.0944. The van der Waals surface area contributed by atoms with Gasteiger partial charge >= 0.3 is 5.97 Å². The van der Waals surface area contributed by atoms with Crippen LogP contribution >= 0.6 is 23.4 Å². The average molecular weight is 356 g/mol. The van der Waals surface area contributed by atoms with Crippen LogP contribution in [0.5, 0.6) is 5.75 Å². The first-order valence-corrected chi connectivity index (χ1v) is 8.53. The van der Waals surface area contributed by atoms with Crippen LogP contribution in [0.25, 0.3) is 0 Å². The van der Waals surface area contributed by atoms with Gasteiger partial charge in [-0.3, -0.25) is 4.79 Å². The molecule has 1 aromatic carbocycles. The van der Waals surface area contributed by atoms with Crippen LogP contribution in [-0.4, -0.2) is 31.6 Å². The molecule has 1 N–H and O–H groups in total. The first-order valence-electron chi connectivity index (χ1n) is 7.17. The third-order valence-electron chi connectivity index (χ3n) is 3.15. The molecule has 0 unspecified atom stereocenters. The average Bonchev–Trinajstić information content (AvgIpc) is 2.90. The molecule has 0 spiro atoms. The van der Waals surface area contributed by atoms with Crippen molar-refractivity contribution in [1.29, 1.82) is 0 Å². The fourth-order valence-electron chi connectivity index (χ4n) is 1.93. The highest BCUT2D eigenvalue weighted by Gasteiger charge is 2.12. The maximum Gasteiger partial charge on any atom is 0.304 e. The van der Waals surface area contributed by atoms with Crippen LogP contribution in [0.4, 0.5) is 0 Å². The number of aryl methyl sites for hydroxylation is 1. The molecule has 124 valence electrons. The van der Waals surface area contributed by atoms with E-state index in [1.54, 1.807) is 6.07 Å². The van der Waals surface area contributed by atoms with E-state index >= 15 is 0 Å². The molecule has 0 saturated carbocycles. The van der Waals surface area contributed by atoms with Crippen LogP contribution in [0, 0.1) is 6.92 Å².